The fourth-order valence-electron chi connectivity index (χ4n) is 4.65. The Kier molecular flexibility index (Phi) is 7.21. The number of benzene rings is 3. The molecule has 0 unspecified atom stereocenters. The maximum atomic E-state index is 13.2. The number of anilines is 1. The molecule has 0 aliphatic carbocycles. The van der Waals surface area contributed by atoms with E-state index >= 15 is 0 Å². The molecule has 190 valence electrons. The third kappa shape index (κ3) is 5.81. The van der Waals surface area contributed by atoms with E-state index in [1.165, 1.54) is 17.2 Å². The average molecular weight is 515 g/mol. The zero-order chi connectivity index (χ0) is 25.8. The van der Waals surface area contributed by atoms with Crippen LogP contribution >= 0.6 is 0 Å². The Morgan fingerprint density at radius 2 is 1.65 bits per heavy atom. The molecular formula is C29H30N4O3S. The van der Waals surface area contributed by atoms with Gasteiger partial charge in [-0.3, -0.25) is 19.4 Å². The van der Waals surface area contributed by atoms with Crippen molar-refractivity contribution in [2.75, 3.05) is 30.9 Å². The van der Waals surface area contributed by atoms with Gasteiger partial charge in [0.05, 0.1) is 5.52 Å². The summed E-state index contributed by atoms with van der Waals surface area (Å²) in [6.45, 7) is 6.09. The molecule has 7 nitrogen and oxygen atoms in total. The van der Waals surface area contributed by atoms with Gasteiger partial charge < -0.3 is 4.90 Å². The molecule has 1 fully saturated rings. The normalized spacial score (nSPS) is 14.9. The third-order valence-corrected chi connectivity index (χ3v) is 8.08. The quantitative estimate of drug-likeness (QED) is 0.404. The standard InChI is InChI=1S/C29H30N4O3S/c1-22-8-10-23(11-9-22)21-32-17-4-18-33(20-19-32)29(34)25-12-14-26(15-13-25)31-37(35,36)27-7-2-5-24-6-3-16-30-28(24)27/h2-3,5-16,31H,4,17-21H2,1H3. The number of nitrogens with one attached hydrogen (secondary N) is 1. The molecule has 5 rings (SSSR count). The molecule has 1 aliphatic rings. The maximum Gasteiger partial charge on any atom is 0.264 e. The van der Waals surface area contributed by atoms with Crippen molar-refractivity contribution in [3.63, 3.8) is 0 Å². The van der Waals surface area contributed by atoms with Crippen molar-refractivity contribution in [3.8, 4) is 0 Å². The predicted octanol–water partition coefficient (Wildman–Crippen LogP) is 4.69. The first-order valence-electron chi connectivity index (χ1n) is 12.4. The molecule has 1 saturated heterocycles. The van der Waals surface area contributed by atoms with Gasteiger partial charge in [0.1, 0.15) is 4.90 Å². The molecule has 4 aromatic rings. The zero-order valence-electron chi connectivity index (χ0n) is 20.8. The second kappa shape index (κ2) is 10.7. The molecule has 8 heteroatoms. The van der Waals surface area contributed by atoms with Crippen LogP contribution < -0.4 is 4.72 Å². The molecule has 0 saturated carbocycles. The highest BCUT2D eigenvalue weighted by Crippen LogP contribution is 2.24. The van der Waals surface area contributed by atoms with Crippen LogP contribution in [0, 0.1) is 6.92 Å². The fraction of sp³-hybridized carbons (Fsp3) is 0.241. The Hall–Kier alpha value is -3.75. The first kappa shape index (κ1) is 24.9. The molecular weight excluding hydrogens is 484 g/mol. The zero-order valence-corrected chi connectivity index (χ0v) is 21.6. The van der Waals surface area contributed by atoms with Crippen LogP contribution in [0.5, 0.6) is 0 Å². The molecule has 0 spiro atoms. The summed E-state index contributed by atoms with van der Waals surface area (Å²) in [4.78, 5) is 21.8. The molecule has 37 heavy (non-hydrogen) atoms. The van der Waals surface area contributed by atoms with Gasteiger partial charge in [-0.15, -0.1) is 0 Å². The van der Waals surface area contributed by atoms with Crippen LogP contribution in [-0.2, 0) is 16.6 Å². The number of hydrogen-bond donors (Lipinski definition) is 1. The van der Waals surface area contributed by atoms with Crippen LogP contribution in [0.15, 0.2) is 90.0 Å². The van der Waals surface area contributed by atoms with E-state index in [2.05, 4.69) is 45.8 Å². The van der Waals surface area contributed by atoms with E-state index in [0.717, 1.165) is 31.4 Å². The number of amides is 1. The van der Waals surface area contributed by atoms with E-state index in [0.29, 0.717) is 29.9 Å². The lowest BCUT2D eigenvalue weighted by atomic mass is 10.1. The van der Waals surface area contributed by atoms with Gasteiger partial charge in [-0.2, -0.15) is 0 Å². The van der Waals surface area contributed by atoms with E-state index in [1.807, 2.05) is 17.0 Å². The number of hydrogen-bond acceptors (Lipinski definition) is 5. The second-order valence-corrected chi connectivity index (χ2v) is 11.1. The highest BCUT2D eigenvalue weighted by atomic mass is 32.2. The van der Waals surface area contributed by atoms with Crippen LogP contribution in [-0.4, -0.2) is 55.3 Å². The smallest absolute Gasteiger partial charge is 0.264 e. The first-order chi connectivity index (χ1) is 17.9. The minimum Gasteiger partial charge on any atom is -0.337 e. The van der Waals surface area contributed by atoms with Gasteiger partial charge in [0.2, 0.25) is 0 Å². The van der Waals surface area contributed by atoms with Gasteiger partial charge in [0.25, 0.3) is 15.9 Å². The fourth-order valence-corrected chi connectivity index (χ4v) is 5.89. The summed E-state index contributed by atoms with van der Waals surface area (Å²) in [5.74, 6) is -0.0372. The molecule has 3 aromatic carbocycles. The monoisotopic (exact) mass is 514 g/mol. The van der Waals surface area contributed by atoms with Crippen LogP contribution in [0.4, 0.5) is 5.69 Å². The largest absolute Gasteiger partial charge is 0.337 e. The van der Waals surface area contributed by atoms with Crippen molar-refractivity contribution in [1.82, 2.24) is 14.8 Å². The summed E-state index contributed by atoms with van der Waals surface area (Å²) < 4.78 is 28.8. The van der Waals surface area contributed by atoms with Gasteiger partial charge in [-0.05, 0) is 55.3 Å². The number of para-hydroxylation sites is 1. The van der Waals surface area contributed by atoms with E-state index in [1.54, 1.807) is 42.6 Å². The maximum absolute atomic E-state index is 13.2. The SMILES string of the molecule is Cc1ccc(CN2CCCN(C(=O)c3ccc(NS(=O)(=O)c4cccc5cccnc45)cc3)CC2)cc1. The van der Waals surface area contributed by atoms with Crippen molar-refractivity contribution in [2.45, 2.75) is 24.8 Å². The highest BCUT2D eigenvalue weighted by Gasteiger charge is 2.22. The number of pyridine rings is 1. The molecule has 0 radical (unpaired) electrons. The van der Waals surface area contributed by atoms with Crippen molar-refractivity contribution in [3.05, 3.63) is 102 Å². The van der Waals surface area contributed by atoms with Gasteiger partial charge in [0, 0.05) is 55.6 Å². The summed E-state index contributed by atoms with van der Waals surface area (Å²) in [6.07, 6.45) is 2.49. The van der Waals surface area contributed by atoms with Crippen molar-refractivity contribution >= 4 is 32.5 Å². The van der Waals surface area contributed by atoms with Crippen molar-refractivity contribution in [2.24, 2.45) is 0 Å². The lowest BCUT2D eigenvalue weighted by Crippen LogP contribution is -2.35. The lowest BCUT2D eigenvalue weighted by Gasteiger charge is -2.22. The summed E-state index contributed by atoms with van der Waals surface area (Å²) in [6, 6.07) is 23.9. The average Bonchev–Trinajstić information content (AvgIpc) is 3.15. The Labute approximate surface area is 217 Å². The minimum atomic E-state index is -3.85. The van der Waals surface area contributed by atoms with Crippen molar-refractivity contribution in [1.29, 1.82) is 0 Å². The summed E-state index contributed by atoms with van der Waals surface area (Å²) >= 11 is 0. The lowest BCUT2D eigenvalue weighted by molar-refractivity contribution is 0.0761. The first-order valence-corrected chi connectivity index (χ1v) is 13.9. The second-order valence-electron chi connectivity index (χ2n) is 9.42. The molecule has 0 bridgehead atoms. The Bertz CT molecular complexity index is 1500. The molecule has 1 amide bonds. The number of rotatable bonds is 6. The Morgan fingerprint density at radius 1 is 0.892 bits per heavy atom. The van der Waals surface area contributed by atoms with Crippen LogP contribution in [0.25, 0.3) is 10.9 Å². The number of carbonyl (C=O) groups is 1. The summed E-state index contributed by atoms with van der Waals surface area (Å²) in [7, 11) is -3.85. The van der Waals surface area contributed by atoms with Gasteiger partial charge >= 0.3 is 0 Å². The number of sulfonamides is 1. The Morgan fingerprint density at radius 3 is 2.43 bits per heavy atom. The van der Waals surface area contributed by atoms with Crippen LogP contribution in [0.1, 0.15) is 27.9 Å². The molecule has 1 N–H and O–H groups in total. The number of aromatic nitrogens is 1. The number of fused-ring (bicyclic) bond motifs is 1. The van der Waals surface area contributed by atoms with E-state index in [-0.39, 0.29) is 10.8 Å². The summed E-state index contributed by atoms with van der Waals surface area (Å²) in [5, 5.41) is 0.751. The molecule has 1 aromatic heterocycles. The predicted molar refractivity (Wildman–Crippen MR) is 146 cm³/mol. The molecule has 0 atom stereocenters. The minimum absolute atomic E-state index is 0.0372. The number of carbonyl (C=O) groups excluding carboxylic acids is 1. The van der Waals surface area contributed by atoms with E-state index in [4.69, 9.17) is 0 Å². The number of aryl methyl sites for hydroxylation is 1. The highest BCUT2D eigenvalue weighted by molar-refractivity contribution is 7.93. The Balaban J connectivity index is 1.23. The third-order valence-electron chi connectivity index (χ3n) is 6.67. The van der Waals surface area contributed by atoms with Crippen molar-refractivity contribution < 1.29 is 13.2 Å². The molecule has 1 aliphatic heterocycles. The van der Waals surface area contributed by atoms with Crippen LogP contribution in [0.2, 0.25) is 0 Å². The van der Waals surface area contributed by atoms with E-state index < -0.39 is 10.0 Å². The van der Waals surface area contributed by atoms with Gasteiger partial charge in [0.15, 0.2) is 0 Å². The van der Waals surface area contributed by atoms with E-state index in [9.17, 15) is 13.2 Å². The van der Waals surface area contributed by atoms with Gasteiger partial charge in [-0.25, -0.2) is 8.42 Å². The number of nitrogens with zero attached hydrogens (tertiary/aromatic N) is 3. The molecule has 2 heterocycles. The van der Waals surface area contributed by atoms with Crippen LogP contribution in [0.3, 0.4) is 0 Å². The van der Waals surface area contributed by atoms with Gasteiger partial charge in [-0.1, -0.05) is 48.0 Å². The topological polar surface area (TPSA) is 82.6 Å². The summed E-state index contributed by atoms with van der Waals surface area (Å²) in [5.41, 5.74) is 3.89.